The van der Waals surface area contributed by atoms with Gasteiger partial charge in [0.15, 0.2) is 0 Å². The molecule has 2 rings (SSSR count). The second kappa shape index (κ2) is 4.36. The SMILES string of the molecule is CCC(C)C(C(=O)O)N1CC2(CCCC2)C1. The molecule has 0 amide bonds. The van der Waals surface area contributed by atoms with Crippen LogP contribution in [0.1, 0.15) is 46.0 Å². The van der Waals surface area contributed by atoms with Crippen molar-refractivity contribution in [3.63, 3.8) is 0 Å². The van der Waals surface area contributed by atoms with Gasteiger partial charge in [-0.05, 0) is 24.2 Å². The number of carboxylic acid groups (broad SMARTS) is 1. The van der Waals surface area contributed by atoms with Gasteiger partial charge in [-0.25, -0.2) is 0 Å². The van der Waals surface area contributed by atoms with E-state index in [-0.39, 0.29) is 12.0 Å². The van der Waals surface area contributed by atoms with Gasteiger partial charge in [0.2, 0.25) is 0 Å². The van der Waals surface area contributed by atoms with E-state index in [9.17, 15) is 9.90 Å². The first-order valence-corrected chi connectivity index (χ1v) is 6.55. The fourth-order valence-corrected chi connectivity index (χ4v) is 3.44. The third kappa shape index (κ3) is 1.97. The molecule has 2 aliphatic rings. The summed E-state index contributed by atoms with van der Waals surface area (Å²) in [5.41, 5.74) is 0.501. The number of hydrogen-bond donors (Lipinski definition) is 1. The van der Waals surface area contributed by atoms with E-state index in [4.69, 9.17) is 0 Å². The fraction of sp³-hybridized carbons (Fsp3) is 0.923. The fourth-order valence-electron chi connectivity index (χ4n) is 3.44. The second-order valence-electron chi connectivity index (χ2n) is 5.78. The minimum absolute atomic E-state index is 0.253. The molecule has 0 bridgehead atoms. The molecule has 1 aliphatic heterocycles. The first-order chi connectivity index (χ1) is 7.58. The van der Waals surface area contributed by atoms with Gasteiger partial charge in [-0.3, -0.25) is 9.69 Å². The molecular weight excluding hydrogens is 202 g/mol. The average molecular weight is 225 g/mol. The summed E-state index contributed by atoms with van der Waals surface area (Å²) >= 11 is 0. The maximum Gasteiger partial charge on any atom is 0.321 e. The Morgan fingerprint density at radius 3 is 2.38 bits per heavy atom. The zero-order chi connectivity index (χ0) is 11.8. The molecule has 0 radical (unpaired) electrons. The molecule has 0 aromatic rings. The molecule has 1 aliphatic carbocycles. The predicted molar refractivity (Wildman–Crippen MR) is 63.4 cm³/mol. The van der Waals surface area contributed by atoms with Crippen LogP contribution in [0.5, 0.6) is 0 Å². The molecule has 0 aromatic carbocycles. The summed E-state index contributed by atoms with van der Waals surface area (Å²) in [6.45, 7) is 6.17. The Morgan fingerprint density at radius 2 is 1.94 bits per heavy atom. The molecule has 1 saturated carbocycles. The smallest absolute Gasteiger partial charge is 0.321 e. The van der Waals surface area contributed by atoms with Crippen LogP contribution in [0.15, 0.2) is 0 Å². The predicted octanol–water partition coefficient (Wildman–Crippen LogP) is 2.36. The third-order valence-corrected chi connectivity index (χ3v) is 4.57. The van der Waals surface area contributed by atoms with Crippen molar-refractivity contribution in [3.8, 4) is 0 Å². The number of hydrogen-bond acceptors (Lipinski definition) is 2. The number of carbonyl (C=O) groups is 1. The number of carboxylic acids is 1. The molecule has 1 N–H and O–H groups in total. The van der Waals surface area contributed by atoms with Crippen molar-refractivity contribution < 1.29 is 9.90 Å². The Labute approximate surface area is 97.8 Å². The van der Waals surface area contributed by atoms with Crippen LogP contribution in [-0.4, -0.2) is 35.1 Å². The molecule has 2 atom stereocenters. The minimum atomic E-state index is -0.637. The highest BCUT2D eigenvalue weighted by molar-refractivity contribution is 5.74. The quantitative estimate of drug-likeness (QED) is 0.798. The maximum atomic E-state index is 11.3. The van der Waals surface area contributed by atoms with Crippen LogP contribution in [0.25, 0.3) is 0 Å². The lowest BCUT2D eigenvalue weighted by molar-refractivity contribution is -0.152. The third-order valence-electron chi connectivity index (χ3n) is 4.57. The van der Waals surface area contributed by atoms with E-state index < -0.39 is 5.97 Å². The van der Waals surface area contributed by atoms with Crippen LogP contribution in [0.4, 0.5) is 0 Å². The molecule has 3 nitrogen and oxygen atoms in total. The highest BCUT2D eigenvalue weighted by atomic mass is 16.4. The van der Waals surface area contributed by atoms with E-state index in [0.29, 0.717) is 5.41 Å². The summed E-state index contributed by atoms with van der Waals surface area (Å²) in [4.78, 5) is 13.5. The van der Waals surface area contributed by atoms with Gasteiger partial charge in [-0.15, -0.1) is 0 Å². The van der Waals surface area contributed by atoms with Crippen LogP contribution in [-0.2, 0) is 4.79 Å². The lowest BCUT2D eigenvalue weighted by Gasteiger charge is -2.51. The van der Waals surface area contributed by atoms with Gasteiger partial charge >= 0.3 is 5.97 Å². The Hall–Kier alpha value is -0.570. The van der Waals surface area contributed by atoms with Crippen LogP contribution in [0.3, 0.4) is 0 Å². The van der Waals surface area contributed by atoms with Gasteiger partial charge in [0.05, 0.1) is 0 Å². The monoisotopic (exact) mass is 225 g/mol. The van der Waals surface area contributed by atoms with Crippen molar-refractivity contribution in [2.75, 3.05) is 13.1 Å². The van der Waals surface area contributed by atoms with Gasteiger partial charge in [0, 0.05) is 13.1 Å². The van der Waals surface area contributed by atoms with Crippen molar-refractivity contribution >= 4 is 5.97 Å². The highest BCUT2D eigenvalue weighted by Crippen LogP contribution is 2.46. The molecule has 3 heteroatoms. The Morgan fingerprint density at radius 1 is 1.38 bits per heavy atom. The van der Waals surface area contributed by atoms with E-state index in [0.717, 1.165) is 19.5 Å². The first kappa shape index (κ1) is 11.9. The van der Waals surface area contributed by atoms with Gasteiger partial charge in [-0.1, -0.05) is 33.1 Å². The first-order valence-electron chi connectivity index (χ1n) is 6.55. The van der Waals surface area contributed by atoms with Crippen LogP contribution in [0.2, 0.25) is 0 Å². The van der Waals surface area contributed by atoms with Crippen LogP contribution >= 0.6 is 0 Å². The lowest BCUT2D eigenvalue weighted by Crippen LogP contribution is -2.62. The van der Waals surface area contributed by atoms with Gasteiger partial charge in [-0.2, -0.15) is 0 Å². The Balaban J connectivity index is 1.94. The standard InChI is InChI=1S/C13H23NO2/c1-3-10(2)11(12(15)16)14-8-13(9-14)6-4-5-7-13/h10-11H,3-9H2,1-2H3,(H,15,16). The van der Waals surface area contributed by atoms with Crippen LogP contribution in [0, 0.1) is 11.3 Å². The van der Waals surface area contributed by atoms with Crippen LogP contribution < -0.4 is 0 Å². The zero-order valence-corrected chi connectivity index (χ0v) is 10.4. The molecule has 2 fully saturated rings. The van der Waals surface area contributed by atoms with E-state index in [1.165, 1.54) is 25.7 Å². The van der Waals surface area contributed by atoms with Crippen molar-refractivity contribution in [2.45, 2.75) is 52.0 Å². The Kier molecular flexibility index (Phi) is 3.24. The number of likely N-dealkylation sites (tertiary alicyclic amines) is 1. The Bertz CT molecular complexity index is 263. The van der Waals surface area contributed by atoms with Crippen molar-refractivity contribution in [2.24, 2.45) is 11.3 Å². The summed E-state index contributed by atoms with van der Waals surface area (Å²) in [6.07, 6.45) is 6.26. The summed E-state index contributed by atoms with van der Waals surface area (Å²) in [5.74, 6) is -0.376. The number of rotatable bonds is 4. The van der Waals surface area contributed by atoms with Gasteiger partial charge < -0.3 is 5.11 Å². The summed E-state index contributed by atoms with van der Waals surface area (Å²) in [7, 11) is 0. The normalized spacial score (nSPS) is 27.6. The largest absolute Gasteiger partial charge is 0.480 e. The maximum absolute atomic E-state index is 11.3. The summed E-state index contributed by atoms with van der Waals surface area (Å²) in [6, 6.07) is -0.253. The van der Waals surface area contributed by atoms with E-state index >= 15 is 0 Å². The molecule has 0 aromatic heterocycles. The number of nitrogens with zero attached hydrogens (tertiary/aromatic N) is 1. The minimum Gasteiger partial charge on any atom is -0.480 e. The molecular formula is C13H23NO2. The zero-order valence-electron chi connectivity index (χ0n) is 10.4. The van der Waals surface area contributed by atoms with E-state index in [1.807, 2.05) is 0 Å². The molecule has 1 saturated heterocycles. The van der Waals surface area contributed by atoms with Gasteiger partial charge in [0.1, 0.15) is 6.04 Å². The summed E-state index contributed by atoms with van der Waals surface area (Å²) in [5, 5.41) is 9.30. The van der Waals surface area contributed by atoms with Crippen molar-refractivity contribution in [1.82, 2.24) is 4.90 Å². The van der Waals surface area contributed by atoms with Gasteiger partial charge in [0.25, 0.3) is 0 Å². The molecule has 16 heavy (non-hydrogen) atoms. The highest BCUT2D eigenvalue weighted by Gasteiger charge is 2.49. The summed E-state index contributed by atoms with van der Waals surface area (Å²) < 4.78 is 0. The topological polar surface area (TPSA) is 40.5 Å². The molecule has 1 heterocycles. The number of aliphatic carboxylic acids is 1. The lowest BCUT2D eigenvalue weighted by atomic mass is 9.76. The van der Waals surface area contributed by atoms with E-state index in [2.05, 4.69) is 18.7 Å². The van der Waals surface area contributed by atoms with E-state index in [1.54, 1.807) is 0 Å². The van der Waals surface area contributed by atoms with Crippen molar-refractivity contribution in [1.29, 1.82) is 0 Å². The van der Waals surface area contributed by atoms with Crippen molar-refractivity contribution in [3.05, 3.63) is 0 Å². The second-order valence-corrected chi connectivity index (χ2v) is 5.78. The molecule has 1 spiro atoms. The average Bonchev–Trinajstić information content (AvgIpc) is 2.65. The molecule has 2 unspecified atom stereocenters. The molecule has 92 valence electrons.